The van der Waals surface area contributed by atoms with Crippen molar-refractivity contribution in [3.63, 3.8) is 0 Å². The molecule has 1 aromatic rings. The average Bonchev–Trinajstić information content (AvgIpc) is 3.50. The minimum Gasteiger partial charge on any atom is -0.343 e. The first-order chi connectivity index (χ1) is 17.3. The zero-order valence-electron chi connectivity index (χ0n) is 20.2. The first kappa shape index (κ1) is 26.8. The second kappa shape index (κ2) is 11.8. The van der Waals surface area contributed by atoms with Crippen LogP contribution >= 0.6 is 34.5 Å². The number of hydrogen-bond acceptors (Lipinski definition) is 5. The molecule has 36 heavy (non-hydrogen) atoms. The maximum Gasteiger partial charge on any atom is 0.323 e. The molecule has 3 aliphatic rings. The first-order valence-electron chi connectivity index (χ1n) is 12.2. The number of carbonyl (C=O) groups excluding carboxylic acids is 3. The maximum atomic E-state index is 13.0. The summed E-state index contributed by atoms with van der Waals surface area (Å²) in [6.45, 7) is 7.91. The molecule has 0 saturated carbocycles. The molecule has 1 aromatic heterocycles. The van der Waals surface area contributed by atoms with E-state index in [1.54, 1.807) is 15.9 Å². The van der Waals surface area contributed by atoms with Crippen molar-refractivity contribution < 1.29 is 14.4 Å². The van der Waals surface area contributed by atoms with Gasteiger partial charge >= 0.3 is 12.1 Å². The van der Waals surface area contributed by atoms with E-state index in [0.717, 1.165) is 31.5 Å². The number of allylic oxidation sites excluding steroid dienone is 2. The van der Waals surface area contributed by atoms with Gasteiger partial charge < -0.3 is 20.0 Å². The molecule has 1 spiro atoms. The Morgan fingerprint density at radius 3 is 2.64 bits per heavy atom. The molecule has 3 aliphatic heterocycles. The summed E-state index contributed by atoms with van der Waals surface area (Å²) in [6, 6.07) is -0.398. The highest BCUT2D eigenvalue weighted by molar-refractivity contribution is 7.19. The molecule has 4 heterocycles. The van der Waals surface area contributed by atoms with E-state index in [0.29, 0.717) is 61.5 Å². The third kappa shape index (κ3) is 6.33. The number of carbonyl (C=O) groups is 3. The quantitative estimate of drug-likeness (QED) is 0.286. The predicted octanol–water partition coefficient (Wildman–Crippen LogP) is 4.17. The summed E-state index contributed by atoms with van der Waals surface area (Å²) in [5.74, 6) is 0.157. The molecule has 2 N–H and O–H groups in total. The van der Waals surface area contributed by atoms with Crippen molar-refractivity contribution in [2.24, 2.45) is 5.41 Å². The van der Waals surface area contributed by atoms with Crippen LogP contribution in [0.2, 0.25) is 4.34 Å². The van der Waals surface area contributed by atoms with Crippen LogP contribution in [0, 0.1) is 5.41 Å². The normalized spacial score (nSPS) is 23.2. The third-order valence-corrected chi connectivity index (χ3v) is 8.32. The van der Waals surface area contributed by atoms with E-state index in [-0.39, 0.29) is 28.8 Å². The molecule has 196 valence electrons. The summed E-state index contributed by atoms with van der Waals surface area (Å²) in [5, 5.41) is 5.97. The fourth-order valence-electron chi connectivity index (χ4n) is 4.90. The van der Waals surface area contributed by atoms with Gasteiger partial charge in [0, 0.05) is 57.6 Å². The smallest absolute Gasteiger partial charge is 0.323 e. The number of anilines is 1. The van der Waals surface area contributed by atoms with Gasteiger partial charge in [-0.25, -0.2) is 14.6 Å². The fourth-order valence-corrected chi connectivity index (χ4v) is 5.98. The van der Waals surface area contributed by atoms with Gasteiger partial charge in [0.2, 0.25) is 5.91 Å². The molecular formula is C24H32Cl2N6O3S. The van der Waals surface area contributed by atoms with Gasteiger partial charge in [0.05, 0.1) is 11.6 Å². The average molecular weight is 556 g/mol. The van der Waals surface area contributed by atoms with Crippen molar-refractivity contribution >= 4 is 57.6 Å². The lowest BCUT2D eigenvalue weighted by molar-refractivity contribution is -0.134. The zero-order chi connectivity index (χ0) is 25.7. The summed E-state index contributed by atoms with van der Waals surface area (Å²) < 4.78 is 0.501. The fraction of sp³-hybridized carbons (Fsp3) is 0.583. The van der Waals surface area contributed by atoms with Crippen molar-refractivity contribution in [2.45, 2.75) is 37.5 Å². The summed E-state index contributed by atoms with van der Waals surface area (Å²) >= 11 is 13.7. The summed E-state index contributed by atoms with van der Waals surface area (Å²) in [5.41, 5.74) is 0.712. The van der Waals surface area contributed by atoms with E-state index >= 15 is 0 Å². The van der Waals surface area contributed by atoms with E-state index in [1.807, 2.05) is 11.0 Å². The Bertz CT molecular complexity index is 1030. The van der Waals surface area contributed by atoms with Gasteiger partial charge in [-0.05, 0) is 31.3 Å². The van der Waals surface area contributed by atoms with Crippen LogP contribution in [0.1, 0.15) is 32.1 Å². The molecule has 2 atom stereocenters. The SMILES string of the molecule is C=CCC(Cl)/C=C1\CN(C(=O)Nc2ncc(Cl)s2)CC12CCN(C(=O)NCCCC(=O)N1CCC1)C2. The lowest BCUT2D eigenvalue weighted by Crippen LogP contribution is -2.43. The molecule has 9 nitrogen and oxygen atoms in total. The van der Waals surface area contributed by atoms with E-state index < -0.39 is 0 Å². The highest BCUT2D eigenvalue weighted by Gasteiger charge is 2.49. The molecule has 4 rings (SSSR count). The summed E-state index contributed by atoms with van der Waals surface area (Å²) in [7, 11) is 0. The van der Waals surface area contributed by atoms with Gasteiger partial charge in [-0.1, -0.05) is 35.1 Å². The Hall–Kier alpha value is -2.30. The predicted molar refractivity (Wildman–Crippen MR) is 143 cm³/mol. The molecule has 5 amide bonds. The standard InChI is InChI=1S/C24H32Cl2N6O3S/c1-2-5-18(25)12-17-14-32(23(35)29-21-28-13-19(26)36-21)16-24(17)7-11-31(15-24)22(34)27-8-3-6-20(33)30-9-4-10-30/h2,12-13,18H,1,3-11,14-16H2,(H,27,34)(H,28,29,35)/b17-12+. The van der Waals surface area contributed by atoms with Gasteiger partial charge in [0.25, 0.3) is 0 Å². The number of amides is 5. The van der Waals surface area contributed by atoms with Crippen LogP contribution in [0.15, 0.2) is 30.5 Å². The largest absolute Gasteiger partial charge is 0.343 e. The number of urea groups is 2. The number of likely N-dealkylation sites (tertiary alicyclic amines) is 3. The molecule has 0 radical (unpaired) electrons. The highest BCUT2D eigenvalue weighted by Crippen LogP contribution is 2.44. The van der Waals surface area contributed by atoms with Crippen molar-refractivity contribution in [2.75, 3.05) is 51.1 Å². The number of nitrogens with zero attached hydrogens (tertiary/aromatic N) is 4. The maximum absolute atomic E-state index is 13.0. The van der Waals surface area contributed by atoms with Crippen molar-refractivity contribution in [3.8, 4) is 0 Å². The van der Waals surface area contributed by atoms with Gasteiger partial charge in [0.1, 0.15) is 4.34 Å². The Morgan fingerprint density at radius 1 is 1.19 bits per heavy atom. The molecule has 0 aliphatic carbocycles. The second-order valence-electron chi connectivity index (χ2n) is 9.51. The van der Waals surface area contributed by atoms with Gasteiger partial charge in [-0.15, -0.1) is 18.2 Å². The Labute approximate surface area is 225 Å². The number of thiazole rings is 1. The number of hydrogen-bond donors (Lipinski definition) is 2. The Kier molecular flexibility index (Phi) is 8.79. The Morgan fingerprint density at radius 2 is 1.97 bits per heavy atom. The van der Waals surface area contributed by atoms with E-state index in [4.69, 9.17) is 23.2 Å². The van der Waals surface area contributed by atoms with Crippen LogP contribution in [0.3, 0.4) is 0 Å². The van der Waals surface area contributed by atoms with Gasteiger partial charge in [-0.2, -0.15) is 0 Å². The first-order valence-corrected chi connectivity index (χ1v) is 13.9. The number of rotatable bonds is 8. The minimum absolute atomic E-state index is 0.142. The van der Waals surface area contributed by atoms with Crippen molar-refractivity contribution in [3.05, 3.63) is 34.8 Å². The van der Waals surface area contributed by atoms with Gasteiger partial charge in [-0.3, -0.25) is 10.1 Å². The van der Waals surface area contributed by atoms with Crippen LogP contribution in [-0.4, -0.2) is 88.8 Å². The molecular weight excluding hydrogens is 523 g/mol. The third-order valence-electron chi connectivity index (χ3n) is 6.98. The van der Waals surface area contributed by atoms with Crippen LogP contribution in [0.5, 0.6) is 0 Å². The van der Waals surface area contributed by atoms with Crippen molar-refractivity contribution in [1.82, 2.24) is 25.0 Å². The summed E-state index contributed by atoms with van der Waals surface area (Å²) in [6.07, 6.45) is 8.79. The summed E-state index contributed by atoms with van der Waals surface area (Å²) in [4.78, 5) is 47.3. The highest BCUT2D eigenvalue weighted by atomic mass is 35.5. The number of halogens is 2. The number of nitrogens with one attached hydrogen (secondary N) is 2. The van der Waals surface area contributed by atoms with Crippen LogP contribution in [0.25, 0.3) is 0 Å². The molecule has 0 aromatic carbocycles. The molecule has 3 fully saturated rings. The number of aromatic nitrogens is 1. The van der Waals surface area contributed by atoms with E-state index in [2.05, 4.69) is 22.2 Å². The topological polar surface area (TPSA) is 97.9 Å². The van der Waals surface area contributed by atoms with E-state index in [9.17, 15) is 14.4 Å². The van der Waals surface area contributed by atoms with Crippen LogP contribution < -0.4 is 10.6 Å². The van der Waals surface area contributed by atoms with Crippen LogP contribution in [-0.2, 0) is 4.79 Å². The van der Waals surface area contributed by atoms with Crippen LogP contribution in [0.4, 0.5) is 14.7 Å². The lowest BCUT2D eigenvalue weighted by atomic mass is 9.81. The molecule has 12 heteroatoms. The molecule has 0 bridgehead atoms. The van der Waals surface area contributed by atoms with Gasteiger partial charge in [0.15, 0.2) is 5.13 Å². The second-order valence-corrected chi connectivity index (χ2v) is 11.7. The Balaban J connectivity index is 1.36. The minimum atomic E-state index is -0.350. The van der Waals surface area contributed by atoms with Crippen molar-refractivity contribution in [1.29, 1.82) is 0 Å². The lowest BCUT2D eigenvalue weighted by Gasteiger charge is -2.31. The molecule has 2 unspecified atom stereocenters. The zero-order valence-corrected chi connectivity index (χ0v) is 22.5. The molecule has 3 saturated heterocycles. The van der Waals surface area contributed by atoms with E-state index in [1.165, 1.54) is 17.5 Å². The monoisotopic (exact) mass is 554 g/mol. The number of alkyl halides is 1.